The van der Waals surface area contributed by atoms with Gasteiger partial charge in [0, 0.05) is 43.7 Å². The first kappa shape index (κ1) is 21.1. The van der Waals surface area contributed by atoms with Crippen molar-refractivity contribution < 1.29 is 13.9 Å². The second kappa shape index (κ2) is 9.73. The van der Waals surface area contributed by atoms with Crippen molar-refractivity contribution >= 4 is 28.8 Å². The SMILES string of the molecule is Cc1cc(=O)oc2cc(OCCCC(=O)NN=Cc3ccc(N(C)C)cc3)ccc12. The molecule has 0 aliphatic heterocycles. The molecule has 0 aliphatic carbocycles. The quantitative estimate of drug-likeness (QED) is 0.267. The van der Waals surface area contributed by atoms with Crippen LogP contribution in [0.1, 0.15) is 24.0 Å². The lowest BCUT2D eigenvalue weighted by Gasteiger charge is -2.11. The number of nitrogens with zero attached hydrogens (tertiary/aromatic N) is 2. The molecule has 1 amide bonds. The Bertz CT molecular complexity index is 1100. The standard InChI is InChI=1S/C23H25N3O4/c1-16-13-23(28)30-21-14-19(10-11-20(16)21)29-12-4-5-22(27)25-24-15-17-6-8-18(9-7-17)26(2)3/h6-11,13-15H,4-5,12H2,1-3H3,(H,25,27). The van der Waals surface area contributed by atoms with Crippen LogP contribution in [0.25, 0.3) is 11.0 Å². The van der Waals surface area contributed by atoms with Gasteiger partial charge in [0.2, 0.25) is 5.91 Å². The third-order valence-electron chi connectivity index (χ3n) is 4.55. The maximum atomic E-state index is 11.9. The van der Waals surface area contributed by atoms with Crippen molar-refractivity contribution in [2.45, 2.75) is 19.8 Å². The van der Waals surface area contributed by atoms with Crippen LogP contribution in [0.2, 0.25) is 0 Å². The van der Waals surface area contributed by atoms with E-state index in [2.05, 4.69) is 10.5 Å². The maximum absolute atomic E-state index is 11.9. The first-order valence-corrected chi connectivity index (χ1v) is 9.69. The van der Waals surface area contributed by atoms with Crippen molar-refractivity contribution in [1.29, 1.82) is 0 Å². The van der Waals surface area contributed by atoms with Gasteiger partial charge >= 0.3 is 5.63 Å². The largest absolute Gasteiger partial charge is 0.493 e. The molecule has 1 N–H and O–H groups in total. The molecule has 0 aliphatic rings. The van der Waals surface area contributed by atoms with Crippen LogP contribution in [0.15, 0.2) is 62.8 Å². The number of rotatable bonds is 8. The second-order valence-electron chi connectivity index (χ2n) is 7.14. The van der Waals surface area contributed by atoms with E-state index in [1.165, 1.54) is 6.07 Å². The molecule has 0 saturated heterocycles. The highest BCUT2D eigenvalue weighted by atomic mass is 16.5. The molecule has 0 radical (unpaired) electrons. The Labute approximate surface area is 175 Å². The molecule has 2 aromatic carbocycles. The first-order chi connectivity index (χ1) is 14.4. The topological polar surface area (TPSA) is 84.1 Å². The molecule has 0 spiro atoms. The summed E-state index contributed by atoms with van der Waals surface area (Å²) < 4.78 is 10.9. The highest BCUT2D eigenvalue weighted by Gasteiger charge is 2.05. The van der Waals surface area contributed by atoms with Gasteiger partial charge < -0.3 is 14.1 Å². The maximum Gasteiger partial charge on any atom is 0.336 e. The van der Waals surface area contributed by atoms with Gasteiger partial charge in [0.05, 0.1) is 12.8 Å². The molecule has 3 rings (SSSR count). The van der Waals surface area contributed by atoms with E-state index < -0.39 is 0 Å². The highest BCUT2D eigenvalue weighted by Crippen LogP contribution is 2.22. The Balaban J connectivity index is 1.42. The summed E-state index contributed by atoms with van der Waals surface area (Å²) in [5, 5.41) is 4.85. The summed E-state index contributed by atoms with van der Waals surface area (Å²) in [7, 11) is 3.96. The molecule has 156 valence electrons. The summed E-state index contributed by atoms with van der Waals surface area (Å²) in [6.45, 7) is 2.23. The molecule has 0 saturated carbocycles. The van der Waals surface area contributed by atoms with E-state index in [0.29, 0.717) is 30.8 Å². The van der Waals surface area contributed by atoms with Gasteiger partial charge in [-0.15, -0.1) is 0 Å². The van der Waals surface area contributed by atoms with Crippen LogP contribution in [0.3, 0.4) is 0 Å². The normalized spacial score (nSPS) is 11.0. The van der Waals surface area contributed by atoms with Crippen LogP contribution < -0.4 is 20.7 Å². The lowest BCUT2D eigenvalue weighted by Crippen LogP contribution is -2.18. The zero-order valence-electron chi connectivity index (χ0n) is 17.3. The molecular weight excluding hydrogens is 382 g/mol. The van der Waals surface area contributed by atoms with Gasteiger partial charge in [-0.25, -0.2) is 10.2 Å². The molecule has 1 heterocycles. The van der Waals surface area contributed by atoms with Crippen molar-refractivity contribution in [2.24, 2.45) is 5.10 Å². The number of aryl methyl sites for hydroxylation is 1. The third kappa shape index (κ3) is 5.70. The first-order valence-electron chi connectivity index (χ1n) is 9.69. The number of benzene rings is 2. The summed E-state index contributed by atoms with van der Waals surface area (Å²) >= 11 is 0. The van der Waals surface area contributed by atoms with Crippen molar-refractivity contribution in [1.82, 2.24) is 5.43 Å². The Hall–Kier alpha value is -3.61. The monoisotopic (exact) mass is 407 g/mol. The van der Waals surface area contributed by atoms with Gasteiger partial charge in [-0.3, -0.25) is 4.79 Å². The van der Waals surface area contributed by atoms with E-state index in [1.54, 1.807) is 12.3 Å². The van der Waals surface area contributed by atoms with Gasteiger partial charge in [-0.2, -0.15) is 5.10 Å². The number of ether oxygens (including phenoxy) is 1. The molecule has 3 aromatic rings. The molecule has 0 fully saturated rings. The zero-order chi connectivity index (χ0) is 21.5. The summed E-state index contributed by atoms with van der Waals surface area (Å²) in [6, 6.07) is 14.7. The third-order valence-corrected chi connectivity index (χ3v) is 4.55. The number of fused-ring (bicyclic) bond motifs is 1. The van der Waals surface area contributed by atoms with E-state index in [-0.39, 0.29) is 11.5 Å². The number of anilines is 1. The number of carbonyl (C=O) groups excluding carboxylic acids is 1. The van der Waals surface area contributed by atoms with Crippen molar-refractivity contribution in [2.75, 3.05) is 25.6 Å². The molecule has 30 heavy (non-hydrogen) atoms. The van der Waals surface area contributed by atoms with Crippen LogP contribution in [-0.2, 0) is 4.79 Å². The number of hydrogen-bond acceptors (Lipinski definition) is 6. The number of amides is 1. The van der Waals surface area contributed by atoms with Gasteiger partial charge in [0.25, 0.3) is 0 Å². The van der Waals surface area contributed by atoms with Gasteiger partial charge in [-0.05, 0) is 48.7 Å². The van der Waals surface area contributed by atoms with E-state index >= 15 is 0 Å². The van der Waals surface area contributed by atoms with Gasteiger partial charge in [0.1, 0.15) is 11.3 Å². The average Bonchev–Trinajstić information content (AvgIpc) is 2.71. The fourth-order valence-electron chi connectivity index (χ4n) is 2.91. The number of hydrazone groups is 1. The summed E-state index contributed by atoms with van der Waals surface area (Å²) in [4.78, 5) is 25.4. The predicted molar refractivity (Wildman–Crippen MR) is 118 cm³/mol. The highest BCUT2D eigenvalue weighted by molar-refractivity contribution is 5.83. The summed E-state index contributed by atoms with van der Waals surface area (Å²) in [5.74, 6) is 0.413. The Kier molecular flexibility index (Phi) is 6.85. The van der Waals surface area contributed by atoms with E-state index in [9.17, 15) is 9.59 Å². The van der Waals surface area contributed by atoms with Crippen LogP contribution in [-0.4, -0.2) is 32.8 Å². The summed E-state index contributed by atoms with van der Waals surface area (Å²) in [5.41, 5.74) is 5.48. The zero-order valence-corrected chi connectivity index (χ0v) is 17.3. The average molecular weight is 407 g/mol. The minimum Gasteiger partial charge on any atom is -0.493 e. The van der Waals surface area contributed by atoms with E-state index in [4.69, 9.17) is 9.15 Å². The van der Waals surface area contributed by atoms with Crippen LogP contribution in [0.5, 0.6) is 5.75 Å². The molecule has 7 heteroatoms. The van der Waals surface area contributed by atoms with Crippen LogP contribution >= 0.6 is 0 Å². The van der Waals surface area contributed by atoms with Gasteiger partial charge in [-0.1, -0.05) is 12.1 Å². The Morgan fingerprint density at radius 2 is 1.93 bits per heavy atom. The Morgan fingerprint density at radius 1 is 1.17 bits per heavy atom. The van der Waals surface area contributed by atoms with Crippen molar-refractivity contribution in [3.63, 3.8) is 0 Å². The predicted octanol–water partition coefficient (Wildman–Crippen LogP) is 3.48. The summed E-state index contributed by atoms with van der Waals surface area (Å²) in [6.07, 6.45) is 2.44. The van der Waals surface area contributed by atoms with Crippen LogP contribution in [0.4, 0.5) is 5.69 Å². The van der Waals surface area contributed by atoms with Crippen molar-refractivity contribution in [3.05, 3.63) is 70.1 Å². The molecule has 0 atom stereocenters. The van der Waals surface area contributed by atoms with Gasteiger partial charge in [0.15, 0.2) is 0 Å². The minimum atomic E-state index is -0.386. The second-order valence-corrected chi connectivity index (χ2v) is 7.14. The van der Waals surface area contributed by atoms with Crippen LogP contribution in [0, 0.1) is 6.92 Å². The fourth-order valence-corrected chi connectivity index (χ4v) is 2.91. The number of hydrogen-bond donors (Lipinski definition) is 1. The Morgan fingerprint density at radius 3 is 2.67 bits per heavy atom. The molecule has 1 aromatic heterocycles. The fraction of sp³-hybridized carbons (Fsp3) is 0.261. The molecule has 7 nitrogen and oxygen atoms in total. The lowest BCUT2D eigenvalue weighted by molar-refractivity contribution is -0.121. The molecular formula is C23H25N3O4. The number of nitrogens with one attached hydrogen (secondary N) is 1. The van der Waals surface area contributed by atoms with E-state index in [1.807, 2.05) is 62.3 Å². The minimum absolute atomic E-state index is 0.181. The molecule has 0 bridgehead atoms. The number of carbonyl (C=O) groups is 1. The van der Waals surface area contributed by atoms with E-state index in [0.717, 1.165) is 22.2 Å². The van der Waals surface area contributed by atoms with Crippen molar-refractivity contribution in [3.8, 4) is 5.75 Å². The smallest absolute Gasteiger partial charge is 0.336 e. The lowest BCUT2D eigenvalue weighted by atomic mass is 10.1. The molecule has 0 unspecified atom stereocenters.